The fourth-order valence-corrected chi connectivity index (χ4v) is 2.47. The Hall–Kier alpha value is -2.83. The second-order valence-corrected chi connectivity index (χ2v) is 5.29. The molecule has 7 nitrogen and oxygen atoms in total. The smallest absolute Gasteiger partial charge is 0.410 e. The Morgan fingerprint density at radius 1 is 1.13 bits per heavy atom. The lowest BCUT2D eigenvalue weighted by Gasteiger charge is -2.34. The largest absolute Gasteiger partial charge is 0.445 e. The van der Waals surface area contributed by atoms with E-state index >= 15 is 0 Å². The van der Waals surface area contributed by atoms with Crippen molar-refractivity contribution in [1.82, 2.24) is 14.9 Å². The lowest BCUT2D eigenvalue weighted by atomic mass is 10.2. The van der Waals surface area contributed by atoms with Gasteiger partial charge in [0.25, 0.3) is 0 Å². The van der Waals surface area contributed by atoms with Gasteiger partial charge in [-0.1, -0.05) is 30.3 Å². The summed E-state index contributed by atoms with van der Waals surface area (Å²) in [6.07, 6.45) is 1.36. The van der Waals surface area contributed by atoms with Crippen molar-refractivity contribution < 1.29 is 9.53 Å². The van der Waals surface area contributed by atoms with Crippen LogP contribution in [0.25, 0.3) is 0 Å². The van der Waals surface area contributed by atoms with Gasteiger partial charge in [0.2, 0.25) is 5.95 Å². The van der Waals surface area contributed by atoms with Crippen LogP contribution in [-0.4, -0.2) is 47.1 Å². The molecule has 0 aliphatic carbocycles. The fraction of sp³-hybridized carbons (Fsp3) is 0.312. The van der Waals surface area contributed by atoms with Crippen molar-refractivity contribution in [3.8, 4) is 0 Å². The zero-order valence-corrected chi connectivity index (χ0v) is 12.8. The number of carbonyl (C=O) groups excluding carboxylic acids is 1. The summed E-state index contributed by atoms with van der Waals surface area (Å²) in [5, 5.41) is 0. The summed E-state index contributed by atoms with van der Waals surface area (Å²) >= 11 is 0. The lowest BCUT2D eigenvalue weighted by molar-refractivity contribution is 0.0941. The zero-order chi connectivity index (χ0) is 16.1. The van der Waals surface area contributed by atoms with E-state index in [1.54, 1.807) is 11.1 Å². The van der Waals surface area contributed by atoms with Crippen LogP contribution in [0.3, 0.4) is 0 Å². The molecule has 23 heavy (non-hydrogen) atoms. The van der Waals surface area contributed by atoms with Crippen molar-refractivity contribution in [2.24, 2.45) is 0 Å². The van der Waals surface area contributed by atoms with E-state index in [9.17, 15) is 4.79 Å². The van der Waals surface area contributed by atoms with Crippen LogP contribution in [0.1, 0.15) is 5.56 Å². The number of hydrogen-bond donors (Lipinski definition) is 1. The highest BCUT2D eigenvalue weighted by molar-refractivity contribution is 5.68. The highest BCUT2D eigenvalue weighted by atomic mass is 16.6. The van der Waals surface area contributed by atoms with E-state index in [4.69, 9.17) is 10.5 Å². The lowest BCUT2D eigenvalue weighted by Crippen LogP contribution is -2.49. The Kier molecular flexibility index (Phi) is 4.56. The van der Waals surface area contributed by atoms with Crippen LogP contribution in [0.5, 0.6) is 0 Å². The normalized spacial score (nSPS) is 14.6. The fourth-order valence-electron chi connectivity index (χ4n) is 2.47. The average Bonchev–Trinajstić information content (AvgIpc) is 2.61. The molecule has 0 spiro atoms. The van der Waals surface area contributed by atoms with E-state index in [1.807, 2.05) is 36.4 Å². The summed E-state index contributed by atoms with van der Waals surface area (Å²) in [5.41, 5.74) is 6.58. The van der Waals surface area contributed by atoms with Gasteiger partial charge in [-0.2, -0.15) is 4.98 Å². The first-order valence-corrected chi connectivity index (χ1v) is 7.51. The van der Waals surface area contributed by atoms with Crippen molar-refractivity contribution in [2.45, 2.75) is 6.61 Å². The van der Waals surface area contributed by atoms with Crippen LogP contribution in [0.2, 0.25) is 0 Å². The Balaban J connectivity index is 1.49. The molecular weight excluding hydrogens is 294 g/mol. The van der Waals surface area contributed by atoms with E-state index in [0.717, 1.165) is 11.4 Å². The molecule has 1 fully saturated rings. The highest BCUT2D eigenvalue weighted by Crippen LogP contribution is 2.14. The van der Waals surface area contributed by atoms with Gasteiger partial charge in [-0.25, -0.2) is 9.78 Å². The summed E-state index contributed by atoms with van der Waals surface area (Å²) in [7, 11) is 0. The molecular formula is C16H19N5O2. The predicted molar refractivity (Wildman–Crippen MR) is 86.9 cm³/mol. The maximum atomic E-state index is 12.1. The quantitative estimate of drug-likeness (QED) is 0.925. The number of rotatable bonds is 3. The Labute approximate surface area is 134 Å². The van der Waals surface area contributed by atoms with Gasteiger partial charge in [-0.3, -0.25) is 0 Å². The SMILES string of the molecule is Nc1nccc(N2CCN(C(=O)OCc3ccccc3)CC2)n1. The molecule has 1 aromatic heterocycles. The third-order valence-corrected chi connectivity index (χ3v) is 3.73. The maximum absolute atomic E-state index is 12.1. The Bertz CT molecular complexity index is 657. The van der Waals surface area contributed by atoms with Gasteiger partial charge < -0.3 is 20.3 Å². The number of benzene rings is 1. The number of carbonyl (C=O) groups is 1. The maximum Gasteiger partial charge on any atom is 0.410 e. The number of anilines is 2. The zero-order valence-electron chi connectivity index (χ0n) is 12.8. The average molecular weight is 313 g/mol. The second kappa shape index (κ2) is 6.95. The van der Waals surface area contributed by atoms with Gasteiger partial charge in [0.1, 0.15) is 12.4 Å². The van der Waals surface area contributed by atoms with Crippen LogP contribution in [-0.2, 0) is 11.3 Å². The molecule has 2 aromatic rings. The molecule has 1 amide bonds. The predicted octanol–water partition coefficient (Wildman–Crippen LogP) is 1.52. The Morgan fingerprint density at radius 2 is 1.87 bits per heavy atom. The minimum atomic E-state index is -0.282. The summed E-state index contributed by atoms with van der Waals surface area (Å²) in [6, 6.07) is 11.5. The van der Waals surface area contributed by atoms with Gasteiger partial charge in [0.05, 0.1) is 0 Å². The van der Waals surface area contributed by atoms with Crippen LogP contribution in [0.15, 0.2) is 42.6 Å². The third kappa shape index (κ3) is 3.88. The third-order valence-electron chi connectivity index (χ3n) is 3.73. The number of nitrogen functional groups attached to an aromatic ring is 1. The topological polar surface area (TPSA) is 84.6 Å². The molecule has 2 N–H and O–H groups in total. The molecule has 1 aromatic carbocycles. The molecule has 1 saturated heterocycles. The summed E-state index contributed by atoms with van der Waals surface area (Å²) in [5.74, 6) is 1.04. The van der Waals surface area contributed by atoms with Crippen molar-refractivity contribution in [2.75, 3.05) is 36.8 Å². The summed E-state index contributed by atoms with van der Waals surface area (Å²) in [4.78, 5) is 24.0. The van der Waals surface area contributed by atoms with E-state index in [1.165, 1.54) is 0 Å². The first-order valence-electron chi connectivity index (χ1n) is 7.51. The van der Waals surface area contributed by atoms with E-state index in [-0.39, 0.29) is 12.0 Å². The minimum absolute atomic E-state index is 0.257. The molecule has 2 heterocycles. The standard InChI is InChI=1S/C16H19N5O2/c17-15-18-7-6-14(19-15)20-8-10-21(11-9-20)16(22)23-12-13-4-2-1-3-5-13/h1-7H,8-12H2,(H2,17,18,19). The molecule has 1 aliphatic heterocycles. The van der Waals surface area contributed by atoms with E-state index in [2.05, 4.69) is 14.9 Å². The van der Waals surface area contributed by atoms with Gasteiger partial charge in [0.15, 0.2) is 0 Å². The van der Waals surface area contributed by atoms with Crippen LogP contribution in [0.4, 0.5) is 16.6 Å². The monoisotopic (exact) mass is 313 g/mol. The molecule has 7 heteroatoms. The van der Waals surface area contributed by atoms with E-state index < -0.39 is 0 Å². The molecule has 0 radical (unpaired) electrons. The number of amides is 1. The van der Waals surface area contributed by atoms with Crippen LogP contribution >= 0.6 is 0 Å². The van der Waals surface area contributed by atoms with E-state index in [0.29, 0.717) is 32.8 Å². The molecule has 0 saturated carbocycles. The first-order chi connectivity index (χ1) is 11.2. The van der Waals surface area contributed by atoms with Gasteiger partial charge in [0, 0.05) is 32.4 Å². The first kappa shape index (κ1) is 15.1. The van der Waals surface area contributed by atoms with Gasteiger partial charge in [-0.15, -0.1) is 0 Å². The number of hydrogen-bond acceptors (Lipinski definition) is 6. The highest BCUT2D eigenvalue weighted by Gasteiger charge is 2.23. The van der Waals surface area contributed by atoms with Crippen molar-refractivity contribution in [1.29, 1.82) is 0 Å². The Morgan fingerprint density at radius 3 is 2.57 bits per heavy atom. The van der Waals surface area contributed by atoms with Gasteiger partial charge >= 0.3 is 6.09 Å². The van der Waals surface area contributed by atoms with Crippen molar-refractivity contribution in [3.63, 3.8) is 0 Å². The van der Waals surface area contributed by atoms with Crippen molar-refractivity contribution >= 4 is 17.9 Å². The number of ether oxygens (including phenoxy) is 1. The molecule has 3 rings (SSSR count). The van der Waals surface area contributed by atoms with Crippen LogP contribution in [0, 0.1) is 0 Å². The number of aromatic nitrogens is 2. The molecule has 1 aliphatic rings. The van der Waals surface area contributed by atoms with Crippen LogP contribution < -0.4 is 10.6 Å². The summed E-state index contributed by atoms with van der Waals surface area (Å²) in [6.45, 7) is 2.87. The molecule has 120 valence electrons. The number of piperazine rings is 1. The molecule has 0 unspecified atom stereocenters. The number of nitrogens with zero attached hydrogens (tertiary/aromatic N) is 4. The van der Waals surface area contributed by atoms with Crippen molar-refractivity contribution in [3.05, 3.63) is 48.2 Å². The molecule has 0 atom stereocenters. The number of nitrogens with two attached hydrogens (primary N) is 1. The van der Waals surface area contributed by atoms with Gasteiger partial charge in [-0.05, 0) is 11.6 Å². The summed E-state index contributed by atoms with van der Waals surface area (Å²) < 4.78 is 5.35. The molecule has 0 bridgehead atoms. The minimum Gasteiger partial charge on any atom is -0.445 e. The second-order valence-electron chi connectivity index (χ2n) is 5.29.